The molecule has 1 heterocycles. The first-order chi connectivity index (χ1) is 16.4. The molecule has 1 saturated heterocycles. The summed E-state index contributed by atoms with van der Waals surface area (Å²) >= 11 is 0. The van der Waals surface area contributed by atoms with Gasteiger partial charge in [-0.15, -0.1) is 12.4 Å². The van der Waals surface area contributed by atoms with Crippen LogP contribution in [0.25, 0.3) is 0 Å². The van der Waals surface area contributed by atoms with E-state index < -0.39 is 10.0 Å². The lowest BCUT2D eigenvalue weighted by Gasteiger charge is -2.38. The van der Waals surface area contributed by atoms with E-state index >= 15 is 0 Å². The van der Waals surface area contributed by atoms with Crippen molar-refractivity contribution in [1.29, 1.82) is 0 Å². The first kappa shape index (κ1) is 27.4. The zero-order valence-corrected chi connectivity index (χ0v) is 22.3. The normalized spacial score (nSPS) is 17.0. The lowest BCUT2D eigenvalue weighted by Crippen LogP contribution is -2.43. The van der Waals surface area contributed by atoms with Crippen molar-refractivity contribution in [3.63, 3.8) is 0 Å². The number of nitrogens with zero attached hydrogens (tertiary/aromatic N) is 2. The van der Waals surface area contributed by atoms with E-state index in [1.54, 1.807) is 31.3 Å². The fourth-order valence-corrected chi connectivity index (χ4v) is 6.44. The van der Waals surface area contributed by atoms with Crippen LogP contribution < -0.4 is 0 Å². The van der Waals surface area contributed by atoms with Gasteiger partial charge in [-0.3, -0.25) is 0 Å². The van der Waals surface area contributed by atoms with Gasteiger partial charge in [0.05, 0.1) is 4.90 Å². The molecule has 3 aromatic carbocycles. The Labute approximate surface area is 217 Å². The Morgan fingerprint density at radius 3 is 1.94 bits per heavy atom. The molecular formula is C29H37ClN2O2S. The van der Waals surface area contributed by atoms with Gasteiger partial charge >= 0.3 is 0 Å². The van der Waals surface area contributed by atoms with Gasteiger partial charge in [0.1, 0.15) is 0 Å². The number of piperidine rings is 1. The van der Waals surface area contributed by atoms with Gasteiger partial charge in [-0.1, -0.05) is 85.8 Å². The largest absolute Gasteiger partial charge is 0.303 e. The molecule has 0 unspecified atom stereocenters. The van der Waals surface area contributed by atoms with Crippen LogP contribution in [0, 0.1) is 0 Å². The van der Waals surface area contributed by atoms with Gasteiger partial charge in [0.15, 0.2) is 0 Å². The third kappa shape index (κ3) is 6.73. The second kappa shape index (κ2) is 12.2. The third-order valence-electron chi connectivity index (χ3n) is 7.33. The van der Waals surface area contributed by atoms with Crippen LogP contribution in [0.2, 0.25) is 0 Å². The maximum absolute atomic E-state index is 13.2. The number of benzene rings is 3. The Morgan fingerprint density at radius 2 is 1.37 bits per heavy atom. The van der Waals surface area contributed by atoms with Gasteiger partial charge in [0, 0.05) is 19.0 Å². The lowest BCUT2D eigenvalue weighted by molar-refractivity contribution is 0.187. The molecule has 1 aliphatic heterocycles. The quantitative estimate of drug-likeness (QED) is 0.355. The smallest absolute Gasteiger partial charge is 0.242 e. The SMILES string of the molecule is CN(C[C@](C)(CCN1CCC(c2ccccc2)CC1)c1ccccc1)S(=O)(=O)c1ccccc1.Cl. The second-order valence-electron chi connectivity index (χ2n) is 9.78. The van der Waals surface area contributed by atoms with Crippen molar-refractivity contribution < 1.29 is 8.42 Å². The highest BCUT2D eigenvalue weighted by Gasteiger charge is 2.33. The fourth-order valence-electron chi connectivity index (χ4n) is 5.12. The maximum Gasteiger partial charge on any atom is 0.242 e. The highest BCUT2D eigenvalue weighted by Crippen LogP contribution is 2.33. The summed E-state index contributed by atoms with van der Waals surface area (Å²) in [4.78, 5) is 2.89. The van der Waals surface area contributed by atoms with Gasteiger partial charge in [0.25, 0.3) is 0 Å². The lowest BCUT2D eigenvalue weighted by atomic mass is 9.79. The zero-order valence-electron chi connectivity index (χ0n) is 20.7. The van der Waals surface area contributed by atoms with Crippen LogP contribution >= 0.6 is 12.4 Å². The summed E-state index contributed by atoms with van der Waals surface area (Å²) in [5.41, 5.74) is 2.35. The Bertz CT molecular complexity index is 1140. The molecule has 4 nitrogen and oxygen atoms in total. The first-order valence-electron chi connectivity index (χ1n) is 12.2. The van der Waals surface area contributed by atoms with E-state index in [1.807, 2.05) is 24.3 Å². The summed E-state index contributed by atoms with van der Waals surface area (Å²) in [6.45, 7) is 5.78. The van der Waals surface area contributed by atoms with E-state index in [2.05, 4.69) is 54.3 Å². The monoisotopic (exact) mass is 512 g/mol. The van der Waals surface area contributed by atoms with Crippen molar-refractivity contribution in [2.24, 2.45) is 0 Å². The summed E-state index contributed by atoms with van der Waals surface area (Å²) in [7, 11) is -1.84. The summed E-state index contributed by atoms with van der Waals surface area (Å²) < 4.78 is 28.0. The number of hydrogen-bond donors (Lipinski definition) is 0. The Balaban J connectivity index is 0.00000342. The number of likely N-dealkylation sites (tertiary alicyclic amines) is 1. The summed E-state index contributed by atoms with van der Waals surface area (Å²) in [5, 5.41) is 0. The van der Waals surface area contributed by atoms with Crippen LogP contribution in [-0.2, 0) is 15.4 Å². The number of likely N-dealkylation sites (N-methyl/N-ethyl adjacent to an activating group) is 1. The van der Waals surface area contributed by atoms with E-state index in [0.717, 1.165) is 26.1 Å². The highest BCUT2D eigenvalue weighted by atomic mass is 35.5. The van der Waals surface area contributed by atoms with Gasteiger partial charge in [-0.05, 0) is 68.1 Å². The molecular weight excluding hydrogens is 476 g/mol. The van der Waals surface area contributed by atoms with Gasteiger partial charge in [-0.25, -0.2) is 12.7 Å². The molecule has 0 radical (unpaired) electrons. The number of hydrogen-bond acceptors (Lipinski definition) is 3. The van der Waals surface area contributed by atoms with Gasteiger partial charge in [0.2, 0.25) is 10.0 Å². The molecule has 1 atom stereocenters. The van der Waals surface area contributed by atoms with Gasteiger partial charge < -0.3 is 4.90 Å². The van der Waals surface area contributed by atoms with Crippen molar-refractivity contribution in [1.82, 2.24) is 9.21 Å². The predicted molar refractivity (Wildman–Crippen MR) is 147 cm³/mol. The molecule has 3 aromatic rings. The van der Waals surface area contributed by atoms with Crippen LogP contribution in [0.3, 0.4) is 0 Å². The first-order valence-corrected chi connectivity index (χ1v) is 13.7. The van der Waals surface area contributed by atoms with Crippen LogP contribution in [-0.4, -0.2) is 50.8 Å². The minimum Gasteiger partial charge on any atom is -0.303 e. The molecule has 0 aromatic heterocycles. The fraction of sp³-hybridized carbons (Fsp3) is 0.379. The molecule has 1 fully saturated rings. The minimum absolute atomic E-state index is 0. The van der Waals surface area contributed by atoms with Crippen LogP contribution in [0.1, 0.15) is 43.2 Å². The molecule has 0 saturated carbocycles. The van der Waals surface area contributed by atoms with E-state index in [4.69, 9.17) is 0 Å². The molecule has 188 valence electrons. The van der Waals surface area contributed by atoms with E-state index in [1.165, 1.54) is 28.3 Å². The van der Waals surface area contributed by atoms with Crippen LogP contribution in [0.5, 0.6) is 0 Å². The van der Waals surface area contributed by atoms with Crippen molar-refractivity contribution in [3.05, 3.63) is 102 Å². The average molecular weight is 513 g/mol. The maximum atomic E-state index is 13.2. The number of sulfonamides is 1. The Hall–Kier alpha value is -2.18. The minimum atomic E-state index is -3.54. The Morgan fingerprint density at radius 1 is 0.857 bits per heavy atom. The molecule has 0 aliphatic carbocycles. The zero-order chi connectivity index (χ0) is 24.0. The van der Waals surface area contributed by atoms with Crippen LogP contribution in [0.15, 0.2) is 95.9 Å². The van der Waals surface area contributed by atoms with Crippen molar-refractivity contribution in [3.8, 4) is 0 Å². The van der Waals surface area contributed by atoms with Crippen LogP contribution in [0.4, 0.5) is 0 Å². The second-order valence-corrected chi connectivity index (χ2v) is 11.8. The molecule has 35 heavy (non-hydrogen) atoms. The van der Waals surface area contributed by atoms with E-state index in [0.29, 0.717) is 17.4 Å². The number of halogens is 1. The standard InChI is InChI=1S/C29H36N2O2S.ClH/c1-29(27-14-8-4-9-15-27,24-30(2)34(32,33)28-16-10-5-11-17-28)20-23-31-21-18-26(19-22-31)25-12-6-3-7-13-25;/h3-17,26H,18-24H2,1-2H3;1H/t29-;/m0./s1. The molecule has 0 amide bonds. The topological polar surface area (TPSA) is 40.6 Å². The molecule has 0 N–H and O–H groups in total. The number of rotatable bonds is 9. The van der Waals surface area contributed by atoms with Crippen molar-refractivity contribution >= 4 is 22.4 Å². The summed E-state index contributed by atoms with van der Waals surface area (Å²) in [5.74, 6) is 0.639. The van der Waals surface area contributed by atoms with Crippen molar-refractivity contribution in [2.75, 3.05) is 33.2 Å². The Kier molecular flexibility index (Phi) is 9.54. The van der Waals surface area contributed by atoms with Gasteiger partial charge in [-0.2, -0.15) is 0 Å². The molecule has 4 rings (SSSR count). The molecule has 6 heteroatoms. The van der Waals surface area contributed by atoms with E-state index in [-0.39, 0.29) is 17.8 Å². The predicted octanol–water partition coefficient (Wildman–Crippen LogP) is 5.96. The third-order valence-corrected chi connectivity index (χ3v) is 9.15. The highest BCUT2D eigenvalue weighted by molar-refractivity contribution is 7.89. The van der Waals surface area contributed by atoms with Crippen molar-refractivity contribution in [2.45, 2.75) is 42.4 Å². The summed E-state index contributed by atoms with van der Waals surface area (Å²) in [6, 6.07) is 29.9. The molecule has 0 spiro atoms. The molecule has 0 bridgehead atoms. The average Bonchev–Trinajstić information content (AvgIpc) is 2.89. The summed E-state index contributed by atoms with van der Waals surface area (Å²) in [6.07, 6.45) is 3.25. The molecule has 1 aliphatic rings. The van der Waals surface area contributed by atoms with E-state index in [9.17, 15) is 8.42 Å².